The van der Waals surface area contributed by atoms with E-state index >= 15 is 0 Å². The number of hydrogen-bond acceptors (Lipinski definition) is 8. The van der Waals surface area contributed by atoms with Gasteiger partial charge in [-0.25, -0.2) is 9.79 Å². The first-order chi connectivity index (χ1) is 19.0. The van der Waals surface area contributed by atoms with E-state index in [2.05, 4.69) is 5.32 Å². The van der Waals surface area contributed by atoms with Gasteiger partial charge in [-0.05, 0) is 61.3 Å². The Kier molecular flexibility index (Phi) is 8.26. The average molecular weight is 548 g/mol. The molecule has 1 amide bonds. The second-order valence-electron chi connectivity index (χ2n) is 9.72. The third kappa shape index (κ3) is 6.14. The molecule has 3 aliphatic rings. The summed E-state index contributed by atoms with van der Waals surface area (Å²) in [4.78, 5) is 32.7. The number of aliphatic imine (C=N–C) groups is 1. The number of ether oxygens (including phenoxy) is 3. The number of fused-ring (bicyclic) bond motifs is 1. The number of amides is 1. The van der Waals surface area contributed by atoms with E-state index in [0.29, 0.717) is 41.8 Å². The molecule has 2 aliphatic heterocycles. The number of nitrogens with zero attached hydrogens (tertiary/aromatic N) is 2. The molecule has 8 nitrogen and oxygen atoms in total. The lowest BCUT2D eigenvalue weighted by molar-refractivity contribution is -0.139. The van der Waals surface area contributed by atoms with Gasteiger partial charge in [-0.3, -0.25) is 4.79 Å². The molecular weight excluding hydrogens is 514 g/mol. The minimum atomic E-state index is -0.536. The maximum Gasteiger partial charge on any atom is 0.338 e. The molecule has 1 saturated carbocycles. The minimum absolute atomic E-state index is 0.0417. The number of thioether (sulfide) groups is 1. The van der Waals surface area contributed by atoms with Gasteiger partial charge in [0, 0.05) is 12.2 Å². The first-order valence-electron chi connectivity index (χ1n) is 13.2. The van der Waals surface area contributed by atoms with Gasteiger partial charge >= 0.3 is 5.97 Å². The van der Waals surface area contributed by atoms with Crippen molar-refractivity contribution in [3.63, 3.8) is 0 Å². The summed E-state index contributed by atoms with van der Waals surface area (Å²) in [6.45, 7) is 4.95. The van der Waals surface area contributed by atoms with E-state index in [1.807, 2.05) is 65.8 Å². The monoisotopic (exact) mass is 547 g/mol. The highest BCUT2D eigenvalue weighted by atomic mass is 32.2. The molecule has 1 aliphatic carbocycles. The highest BCUT2D eigenvalue weighted by Gasteiger charge is 2.41. The molecule has 1 unspecified atom stereocenters. The Morgan fingerprint density at radius 1 is 1.13 bits per heavy atom. The Morgan fingerprint density at radius 3 is 2.64 bits per heavy atom. The van der Waals surface area contributed by atoms with Crippen molar-refractivity contribution in [2.75, 3.05) is 20.3 Å². The van der Waals surface area contributed by atoms with Crippen LogP contribution in [0.3, 0.4) is 0 Å². The summed E-state index contributed by atoms with van der Waals surface area (Å²) in [6, 6.07) is 15.0. The molecule has 2 heterocycles. The number of carbonyl (C=O) groups is 2. The van der Waals surface area contributed by atoms with Gasteiger partial charge in [-0.15, -0.1) is 0 Å². The lowest BCUT2D eigenvalue weighted by Crippen LogP contribution is -2.38. The summed E-state index contributed by atoms with van der Waals surface area (Å²) in [5.41, 5.74) is 3.67. The summed E-state index contributed by atoms with van der Waals surface area (Å²) in [6.07, 6.45) is 2.53. The largest absolute Gasteiger partial charge is 0.493 e. The Hall–Kier alpha value is -3.72. The SMILES string of the molecule is CCOC(=O)C1=C(C)N=C2SC=C(CC(=O)NCC3CC3)N2C1c1ccc(OCc2ccccc2)c(OC)c1. The fraction of sp³-hybridized carbons (Fsp3) is 0.367. The maximum absolute atomic E-state index is 13.2. The van der Waals surface area contributed by atoms with Crippen molar-refractivity contribution in [3.8, 4) is 11.5 Å². The number of benzene rings is 2. The molecule has 1 fully saturated rings. The zero-order valence-electron chi connectivity index (χ0n) is 22.4. The van der Waals surface area contributed by atoms with Crippen molar-refractivity contribution in [2.45, 2.75) is 45.8 Å². The second kappa shape index (κ2) is 12.0. The van der Waals surface area contributed by atoms with E-state index in [9.17, 15) is 9.59 Å². The molecule has 5 rings (SSSR count). The molecule has 39 heavy (non-hydrogen) atoms. The molecule has 9 heteroatoms. The first-order valence-corrected chi connectivity index (χ1v) is 14.1. The molecule has 0 bridgehead atoms. The predicted octanol–water partition coefficient (Wildman–Crippen LogP) is 5.33. The fourth-order valence-electron chi connectivity index (χ4n) is 4.67. The Balaban J connectivity index is 1.45. The average Bonchev–Trinajstić information content (AvgIpc) is 3.70. The van der Waals surface area contributed by atoms with Gasteiger partial charge in [0.25, 0.3) is 0 Å². The number of rotatable bonds is 11. The van der Waals surface area contributed by atoms with Crippen LogP contribution in [0.5, 0.6) is 11.5 Å². The molecule has 204 valence electrons. The molecule has 2 aromatic carbocycles. The molecule has 2 aromatic rings. The van der Waals surface area contributed by atoms with Crippen LogP contribution in [0, 0.1) is 5.92 Å². The highest BCUT2D eigenvalue weighted by Crippen LogP contribution is 2.46. The van der Waals surface area contributed by atoms with Crippen LogP contribution < -0.4 is 14.8 Å². The molecule has 1 N–H and O–H groups in total. The second-order valence-corrected chi connectivity index (χ2v) is 10.6. The van der Waals surface area contributed by atoms with E-state index in [1.54, 1.807) is 14.0 Å². The van der Waals surface area contributed by atoms with Crippen molar-refractivity contribution in [1.82, 2.24) is 10.2 Å². The third-order valence-electron chi connectivity index (χ3n) is 6.86. The molecule has 0 spiro atoms. The topological polar surface area (TPSA) is 89.5 Å². The van der Waals surface area contributed by atoms with Gasteiger partial charge in [0.15, 0.2) is 16.7 Å². The third-order valence-corrected chi connectivity index (χ3v) is 7.75. The van der Waals surface area contributed by atoms with Gasteiger partial charge in [0.1, 0.15) is 6.61 Å². The minimum Gasteiger partial charge on any atom is -0.493 e. The van der Waals surface area contributed by atoms with E-state index in [4.69, 9.17) is 19.2 Å². The van der Waals surface area contributed by atoms with Crippen LogP contribution in [-0.4, -0.2) is 42.2 Å². The smallest absolute Gasteiger partial charge is 0.338 e. The lowest BCUT2D eigenvalue weighted by atomic mass is 9.93. The number of amidine groups is 1. The van der Waals surface area contributed by atoms with Crippen molar-refractivity contribution in [1.29, 1.82) is 0 Å². The zero-order chi connectivity index (χ0) is 27.4. The van der Waals surface area contributed by atoms with Gasteiger partial charge in [-0.2, -0.15) is 0 Å². The van der Waals surface area contributed by atoms with Crippen LogP contribution in [0.25, 0.3) is 0 Å². The molecule has 1 atom stereocenters. The summed E-state index contributed by atoms with van der Waals surface area (Å²) in [5.74, 6) is 1.27. The van der Waals surface area contributed by atoms with Crippen molar-refractivity contribution in [2.24, 2.45) is 10.9 Å². The highest BCUT2D eigenvalue weighted by molar-refractivity contribution is 8.16. The van der Waals surface area contributed by atoms with Gasteiger partial charge in [0.2, 0.25) is 5.91 Å². The Bertz CT molecular complexity index is 1330. The van der Waals surface area contributed by atoms with Crippen LogP contribution in [0.2, 0.25) is 0 Å². The Morgan fingerprint density at radius 2 is 1.92 bits per heavy atom. The lowest BCUT2D eigenvalue weighted by Gasteiger charge is -2.36. The van der Waals surface area contributed by atoms with Crippen LogP contribution >= 0.6 is 11.8 Å². The van der Waals surface area contributed by atoms with E-state index < -0.39 is 12.0 Å². The standard InChI is InChI=1S/C30H33N3O5S/c1-4-37-29(35)27-19(2)32-30-33(23(18-39-30)15-26(34)31-16-20-10-11-20)28(27)22-12-13-24(25(14-22)36-3)38-17-21-8-6-5-7-9-21/h5-9,12-14,18,20,28H,4,10-11,15-17H2,1-3H3,(H,31,34). The van der Waals surface area contributed by atoms with Crippen LogP contribution in [0.4, 0.5) is 0 Å². The zero-order valence-corrected chi connectivity index (χ0v) is 23.3. The van der Waals surface area contributed by atoms with Crippen LogP contribution in [0.15, 0.2) is 75.9 Å². The van der Waals surface area contributed by atoms with Gasteiger partial charge in [-0.1, -0.05) is 48.2 Å². The van der Waals surface area contributed by atoms with Crippen molar-refractivity contribution in [3.05, 3.63) is 82.0 Å². The molecule has 0 saturated heterocycles. The summed E-state index contributed by atoms with van der Waals surface area (Å²) in [5, 5.41) is 5.71. The van der Waals surface area contributed by atoms with E-state index in [-0.39, 0.29) is 18.9 Å². The van der Waals surface area contributed by atoms with Crippen LogP contribution in [0.1, 0.15) is 50.3 Å². The van der Waals surface area contributed by atoms with Gasteiger partial charge < -0.3 is 24.4 Å². The molecule has 0 radical (unpaired) electrons. The fourth-order valence-corrected chi connectivity index (χ4v) is 5.64. The number of hydrogen-bond donors (Lipinski definition) is 1. The molecule has 0 aromatic heterocycles. The number of allylic oxidation sites excluding steroid dienone is 1. The van der Waals surface area contributed by atoms with Crippen molar-refractivity contribution >= 4 is 28.8 Å². The quantitative estimate of drug-likeness (QED) is 0.381. The number of esters is 1. The normalized spacial score (nSPS) is 18.2. The summed E-state index contributed by atoms with van der Waals surface area (Å²) >= 11 is 1.45. The number of carbonyl (C=O) groups excluding carboxylic acids is 2. The van der Waals surface area contributed by atoms with E-state index in [1.165, 1.54) is 24.6 Å². The van der Waals surface area contributed by atoms with Crippen molar-refractivity contribution < 1.29 is 23.8 Å². The number of nitrogens with one attached hydrogen (secondary N) is 1. The van der Waals surface area contributed by atoms with E-state index in [0.717, 1.165) is 22.0 Å². The van der Waals surface area contributed by atoms with Crippen LogP contribution in [-0.2, 0) is 20.9 Å². The maximum atomic E-state index is 13.2. The predicted molar refractivity (Wildman–Crippen MR) is 151 cm³/mol. The van der Waals surface area contributed by atoms with Gasteiger partial charge in [0.05, 0.1) is 37.4 Å². The number of methoxy groups -OCH3 is 1. The summed E-state index contributed by atoms with van der Waals surface area (Å²) < 4.78 is 17.2. The summed E-state index contributed by atoms with van der Waals surface area (Å²) in [7, 11) is 1.59. The molecular formula is C30H33N3O5S. The Labute approximate surface area is 233 Å². The first kappa shape index (κ1) is 26.9.